The molecule has 0 unspecified atom stereocenters. The Morgan fingerprint density at radius 2 is 1.67 bits per heavy atom. The molecule has 2 aromatic carbocycles. The minimum atomic E-state index is -6.67. The van der Waals surface area contributed by atoms with Crippen molar-refractivity contribution in [3.63, 3.8) is 0 Å². The Labute approximate surface area is 233 Å². The van der Waals surface area contributed by atoms with Crippen LogP contribution in [0.4, 0.5) is 36.4 Å². The molecule has 0 radical (unpaired) electrons. The maximum Gasteiger partial charge on any atom is 0.460 e. The van der Waals surface area contributed by atoms with Crippen LogP contribution in [0.5, 0.6) is 0 Å². The van der Waals surface area contributed by atoms with Crippen molar-refractivity contribution in [3.8, 4) is 0 Å². The molecule has 0 saturated heterocycles. The number of fused-ring (bicyclic) bond motifs is 4. The second kappa shape index (κ2) is 10.2. The van der Waals surface area contributed by atoms with Crippen molar-refractivity contribution in [2.45, 2.75) is 57.7 Å². The molecule has 7 nitrogen and oxygen atoms in total. The first-order chi connectivity index (χ1) is 19.7. The topological polar surface area (TPSA) is 88.6 Å². The van der Waals surface area contributed by atoms with Crippen LogP contribution in [0.2, 0.25) is 0 Å². The fraction of sp³-hybridized carbons (Fsp3) is 0.321. The maximum atomic E-state index is 13.7. The molecule has 1 aliphatic carbocycles. The van der Waals surface area contributed by atoms with Crippen LogP contribution in [0, 0.1) is 6.92 Å². The van der Waals surface area contributed by atoms with Gasteiger partial charge in [0.1, 0.15) is 5.76 Å². The summed E-state index contributed by atoms with van der Waals surface area (Å²) in [5, 5.41) is 8.10. The molecule has 2 aromatic heterocycles. The van der Waals surface area contributed by atoms with Gasteiger partial charge in [0.2, 0.25) is 0 Å². The lowest BCUT2D eigenvalue weighted by Gasteiger charge is -2.26. The Balaban J connectivity index is 1.41. The minimum Gasteiger partial charge on any atom is -0.455 e. The van der Waals surface area contributed by atoms with Crippen molar-refractivity contribution < 1.29 is 44.7 Å². The zero-order chi connectivity index (χ0) is 30.6. The number of aryl methyl sites for hydroxylation is 2. The molecular weight excluding hydrogens is 573 g/mol. The normalized spacial score (nSPS) is 15.3. The summed E-state index contributed by atoms with van der Waals surface area (Å²) in [7, 11) is 0. The first kappa shape index (κ1) is 29.1. The highest BCUT2D eigenvalue weighted by molar-refractivity contribution is 6.12. The summed E-state index contributed by atoms with van der Waals surface area (Å²) >= 11 is 0. The molecule has 2 N–H and O–H groups in total. The molecule has 0 bridgehead atoms. The number of hydrogen-bond acceptors (Lipinski definition) is 4. The average molecular weight is 597 g/mol. The molecule has 0 saturated carbocycles. The van der Waals surface area contributed by atoms with E-state index in [1.807, 2.05) is 43.3 Å². The lowest BCUT2D eigenvalue weighted by Crippen LogP contribution is -2.58. The van der Waals surface area contributed by atoms with E-state index in [1.54, 1.807) is 6.07 Å². The smallest absolute Gasteiger partial charge is 0.455 e. The van der Waals surface area contributed by atoms with E-state index in [1.165, 1.54) is 6.92 Å². The van der Waals surface area contributed by atoms with Crippen molar-refractivity contribution in [1.82, 2.24) is 9.99 Å². The lowest BCUT2D eigenvalue weighted by molar-refractivity contribution is -0.344. The van der Waals surface area contributed by atoms with Crippen molar-refractivity contribution in [2.24, 2.45) is 5.10 Å². The summed E-state index contributed by atoms with van der Waals surface area (Å²) in [4.78, 5) is 24.9. The van der Waals surface area contributed by atoms with Crippen LogP contribution in [0.1, 0.15) is 47.2 Å². The van der Waals surface area contributed by atoms with E-state index in [0.29, 0.717) is 18.5 Å². The van der Waals surface area contributed by atoms with Crippen LogP contribution in [-0.2, 0) is 17.8 Å². The number of rotatable bonds is 6. The Morgan fingerprint density at radius 3 is 2.36 bits per heavy atom. The Morgan fingerprint density at radius 1 is 0.976 bits per heavy atom. The zero-order valence-corrected chi connectivity index (χ0v) is 22.1. The average Bonchev–Trinajstić information content (AvgIpc) is 3.45. The number of nitrogens with zero attached hydrogens (tertiary/aromatic N) is 2. The molecule has 0 atom stereocenters. The Bertz CT molecular complexity index is 1750. The summed E-state index contributed by atoms with van der Waals surface area (Å²) in [5.41, 5.74) is 3.91. The number of halogens is 7. The number of hydrogen-bond donors (Lipinski definition) is 2. The van der Waals surface area contributed by atoms with Gasteiger partial charge in [0, 0.05) is 51.6 Å². The van der Waals surface area contributed by atoms with Gasteiger partial charge in [0.05, 0.1) is 5.71 Å². The van der Waals surface area contributed by atoms with Crippen molar-refractivity contribution in [1.29, 1.82) is 0 Å². The van der Waals surface area contributed by atoms with E-state index in [9.17, 15) is 40.3 Å². The van der Waals surface area contributed by atoms with E-state index in [4.69, 9.17) is 4.42 Å². The van der Waals surface area contributed by atoms with Gasteiger partial charge in [-0.2, -0.15) is 35.8 Å². The van der Waals surface area contributed by atoms with Crippen LogP contribution in [0.3, 0.4) is 0 Å². The molecule has 42 heavy (non-hydrogen) atoms. The lowest BCUT2D eigenvalue weighted by atomic mass is 9.93. The van der Waals surface area contributed by atoms with Crippen molar-refractivity contribution >= 4 is 45.0 Å². The highest BCUT2D eigenvalue weighted by Crippen LogP contribution is 2.46. The number of carbonyl (C=O) groups is 2. The summed E-state index contributed by atoms with van der Waals surface area (Å²) in [6, 6.07) is 13.2. The zero-order valence-electron chi connectivity index (χ0n) is 22.1. The van der Waals surface area contributed by atoms with Crippen LogP contribution < -0.4 is 10.7 Å². The first-order valence-corrected chi connectivity index (χ1v) is 12.8. The predicted molar refractivity (Wildman–Crippen MR) is 140 cm³/mol. The molecule has 0 spiro atoms. The number of hydrazone groups is 1. The standard InChI is InChI=1S/C28H23F7N4O3/c1-3-39-19-9-5-4-7-16(19)17-13-15(11-12-20(17)39)36-24(40)23-14(2)22-18(8-6-10-21(22)42-23)37-38-25(41)26(29,30)27(31,32)28(33,34)35/h4-5,7,9,11-13H,3,6,8,10H2,1-2H3,(H,36,40)(H,38,41)/b37-18+. The quantitative estimate of drug-likeness (QED) is 0.186. The minimum absolute atomic E-state index is 0.0497. The highest BCUT2D eigenvalue weighted by Gasteiger charge is 2.76. The third-order valence-corrected chi connectivity index (χ3v) is 7.21. The van der Waals surface area contributed by atoms with Gasteiger partial charge in [-0.25, -0.2) is 5.43 Å². The Hall–Kier alpha value is -4.36. The van der Waals surface area contributed by atoms with Crippen LogP contribution >= 0.6 is 0 Å². The second-order valence-corrected chi connectivity index (χ2v) is 9.80. The third kappa shape index (κ3) is 4.58. The van der Waals surface area contributed by atoms with Gasteiger partial charge in [0.25, 0.3) is 5.91 Å². The van der Waals surface area contributed by atoms with Crippen LogP contribution in [-0.4, -0.2) is 40.1 Å². The monoisotopic (exact) mass is 596 g/mol. The number of furan rings is 1. The molecule has 4 aromatic rings. The van der Waals surface area contributed by atoms with E-state index in [2.05, 4.69) is 15.0 Å². The van der Waals surface area contributed by atoms with E-state index < -0.39 is 29.8 Å². The number of carbonyl (C=O) groups excluding carboxylic acids is 2. The number of para-hydroxylation sites is 1. The van der Waals surface area contributed by atoms with Crippen LogP contribution in [0.25, 0.3) is 21.8 Å². The van der Waals surface area contributed by atoms with Gasteiger partial charge in [0.15, 0.2) is 5.76 Å². The molecule has 0 fully saturated rings. The SMILES string of the molecule is CCn1c2ccccc2c2cc(NC(=O)c3oc4c(c3C)/C(=N/NC(=O)C(F)(F)C(F)(F)C(F)(F)F)CCC4)ccc21. The van der Waals surface area contributed by atoms with E-state index in [0.717, 1.165) is 33.8 Å². The molecular formula is C28H23F7N4O3. The molecule has 1 aliphatic rings. The highest BCUT2D eigenvalue weighted by atomic mass is 19.4. The number of nitrogens with one attached hydrogen (secondary N) is 2. The fourth-order valence-corrected chi connectivity index (χ4v) is 5.17. The first-order valence-electron chi connectivity index (χ1n) is 12.8. The van der Waals surface area contributed by atoms with Gasteiger partial charge in [-0.05, 0) is 51.0 Å². The number of amides is 2. The van der Waals surface area contributed by atoms with E-state index >= 15 is 0 Å². The third-order valence-electron chi connectivity index (χ3n) is 7.21. The van der Waals surface area contributed by atoms with Crippen LogP contribution in [0.15, 0.2) is 52.0 Å². The molecule has 14 heteroatoms. The maximum absolute atomic E-state index is 13.7. The second-order valence-electron chi connectivity index (χ2n) is 9.80. The number of aromatic nitrogens is 1. The molecule has 2 amide bonds. The van der Waals surface area contributed by atoms with Gasteiger partial charge in [-0.15, -0.1) is 0 Å². The summed E-state index contributed by atoms with van der Waals surface area (Å²) in [6.45, 7) is 4.24. The molecule has 0 aliphatic heterocycles. The van der Waals surface area contributed by atoms with Gasteiger partial charge in [-0.3, -0.25) is 9.59 Å². The Kier molecular flexibility index (Phi) is 7.06. The fourth-order valence-electron chi connectivity index (χ4n) is 5.17. The van der Waals surface area contributed by atoms with Crippen molar-refractivity contribution in [3.05, 3.63) is 65.1 Å². The molecule has 222 valence electrons. The number of anilines is 1. The van der Waals surface area contributed by atoms with Gasteiger partial charge < -0.3 is 14.3 Å². The summed E-state index contributed by atoms with van der Waals surface area (Å²) in [5.74, 6) is -16.2. The number of alkyl halides is 7. The molecule has 2 heterocycles. The summed E-state index contributed by atoms with van der Waals surface area (Å²) < 4.78 is 99.1. The van der Waals surface area contributed by atoms with Crippen molar-refractivity contribution in [2.75, 3.05) is 5.32 Å². The van der Waals surface area contributed by atoms with Gasteiger partial charge in [-0.1, -0.05) is 18.2 Å². The molecule has 5 rings (SSSR count). The summed E-state index contributed by atoms with van der Waals surface area (Å²) in [6.07, 6.45) is -5.99. The van der Waals surface area contributed by atoms with E-state index in [-0.39, 0.29) is 34.8 Å². The van der Waals surface area contributed by atoms with Gasteiger partial charge >= 0.3 is 23.9 Å². The largest absolute Gasteiger partial charge is 0.460 e. The predicted octanol–water partition coefficient (Wildman–Crippen LogP) is 6.96. The number of benzene rings is 2.